The Morgan fingerprint density at radius 1 is 0.897 bits per heavy atom. The van der Waals surface area contributed by atoms with Gasteiger partial charge in [-0.25, -0.2) is 26.0 Å². The van der Waals surface area contributed by atoms with Crippen molar-refractivity contribution in [1.29, 1.82) is 0 Å². The Kier molecular flexibility index (Phi) is 6.20. The zero-order valence-corrected chi connectivity index (χ0v) is 15.9. The first-order valence-electron chi connectivity index (χ1n) is 8.60. The fourth-order valence-electron chi connectivity index (χ4n) is 2.96. The minimum Gasteiger partial charge on any atom is -0.325 e. The molecule has 0 saturated carbocycles. The van der Waals surface area contributed by atoms with Crippen LogP contribution < -0.4 is 5.32 Å². The molecule has 0 bridgehead atoms. The Morgan fingerprint density at radius 3 is 2.10 bits per heavy atom. The molecule has 0 spiro atoms. The zero-order chi connectivity index (χ0) is 21.2. The van der Waals surface area contributed by atoms with Crippen LogP contribution in [0.15, 0.2) is 41.3 Å². The molecule has 0 aromatic heterocycles. The Hall–Kier alpha value is -2.50. The van der Waals surface area contributed by atoms with Gasteiger partial charge < -0.3 is 5.32 Å². The molecule has 156 valence electrons. The maximum absolute atomic E-state index is 13.9. The SMILES string of the molecule is O=C(CN1CCN(S(=O)(=O)c2c(F)cccc2F)CC1)Nc1ccc(F)c(F)c1. The number of carbonyl (C=O) groups excluding carboxylic acids is 1. The van der Waals surface area contributed by atoms with E-state index in [1.807, 2.05) is 0 Å². The van der Waals surface area contributed by atoms with E-state index in [0.717, 1.165) is 34.6 Å². The third-order valence-electron chi connectivity index (χ3n) is 4.42. The second kappa shape index (κ2) is 8.47. The number of benzene rings is 2. The van der Waals surface area contributed by atoms with Crippen molar-refractivity contribution in [2.75, 3.05) is 38.0 Å². The lowest BCUT2D eigenvalue weighted by Crippen LogP contribution is -2.50. The highest BCUT2D eigenvalue weighted by molar-refractivity contribution is 7.89. The van der Waals surface area contributed by atoms with Crippen molar-refractivity contribution in [3.05, 3.63) is 59.7 Å². The average molecular weight is 431 g/mol. The van der Waals surface area contributed by atoms with E-state index >= 15 is 0 Å². The zero-order valence-electron chi connectivity index (χ0n) is 15.0. The average Bonchev–Trinajstić information content (AvgIpc) is 2.65. The van der Waals surface area contributed by atoms with Crippen LogP contribution in [0.2, 0.25) is 0 Å². The van der Waals surface area contributed by atoms with Gasteiger partial charge in [0, 0.05) is 37.9 Å². The Bertz CT molecular complexity index is 1000. The summed E-state index contributed by atoms with van der Waals surface area (Å²) in [7, 11) is -4.35. The summed E-state index contributed by atoms with van der Waals surface area (Å²) >= 11 is 0. The van der Waals surface area contributed by atoms with Crippen LogP contribution in [0.4, 0.5) is 23.2 Å². The summed E-state index contributed by atoms with van der Waals surface area (Å²) in [5.41, 5.74) is 0.0881. The molecule has 2 aromatic carbocycles. The molecule has 1 amide bonds. The van der Waals surface area contributed by atoms with Gasteiger partial charge in [-0.1, -0.05) is 6.07 Å². The number of anilines is 1. The quantitative estimate of drug-likeness (QED) is 0.737. The molecule has 0 atom stereocenters. The molecule has 1 aliphatic heterocycles. The number of hydrogen-bond donors (Lipinski definition) is 1. The van der Waals surface area contributed by atoms with Gasteiger partial charge in [-0.3, -0.25) is 9.69 Å². The molecule has 29 heavy (non-hydrogen) atoms. The monoisotopic (exact) mass is 431 g/mol. The number of amides is 1. The van der Waals surface area contributed by atoms with Crippen LogP contribution in [0.1, 0.15) is 0 Å². The van der Waals surface area contributed by atoms with Gasteiger partial charge in [-0.2, -0.15) is 4.31 Å². The van der Waals surface area contributed by atoms with Gasteiger partial charge in [0.1, 0.15) is 11.6 Å². The molecule has 3 rings (SSSR count). The van der Waals surface area contributed by atoms with Crippen molar-refractivity contribution in [2.45, 2.75) is 4.90 Å². The first kappa shape index (κ1) is 21.2. The maximum Gasteiger partial charge on any atom is 0.249 e. The molecular formula is C18H17F4N3O3S. The van der Waals surface area contributed by atoms with Gasteiger partial charge in [0.25, 0.3) is 0 Å². The highest BCUT2D eigenvalue weighted by atomic mass is 32.2. The van der Waals surface area contributed by atoms with E-state index < -0.39 is 44.1 Å². The van der Waals surface area contributed by atoms with E-state index in [9.17, 15) is 30.8 Å². The first-order chi connectivity index (χ1) is 13.7. The minimum absolute atomic E-state index is 0.0609. The summed E-state index contributed by atoms with van der Waals surface area (Å²) in [5.74, 6) is -4.96. The molecule has 2 aromatic rings. The van der Waals surface area contributed by atoms with E-state index in [1.165, 1.54) is 6.07 Å². The first-order valence-corrected chi connectivity index (χ1v) is 10.0. The summed E-state index contributed by atoms with van der Waals surface area (Å²) in [6.07, 6.45) is 0. The summed E-state index contributed by atoms with van der Waals surface area (Å²) in [6, 6.07) is 5.76. The van der Waals surface area contributed by atoms with Crippen LogP contribution >= 0.6 is 0 Å². The van der Waals surface area contributed by atoms with Crippen LogP contribution in [0.5, 0.6) is 0 Å². The summed E-state index contributed by atoms with van der Waals surface area (Å²) in [5, 5.41) is 2.42. The van der Waals surface area contributed by atoms with Crippen LogP contribution in [-0.2, 0) is 14.8 Å². The number of piperazine rings is 1. The summed E-state index contributed by atoms with van der Waals surface area (Å²) < 4.78 is 79.8. The van der Waals surface area contributed by atoms with Gasteiger partial charge in [0.15, 0.2) is 16.5 Å². The number of sulfonamides is 1. The standard InChI is InChI=1S/C18H17F4N3O3S/c19-13-5-4-12(10-16(13)22)23-17(26)11-24-6-8-25(9-7-24)29(27,28)18-14(20)2-1-3-15(18)21/h1-5,10H,6-9,11H2,(H,23,26). The van der Waals surface area contributed by atoms with Crippen molar-refractivity contribution < 1.29 is 30.8 Å². The topological polar surface area (TPSA) is 69.7 Å². The number of nitrogens with one attached hydrogen (secondary N) is 1. The van der Waals surface area contributed by atoms with Crippen molar-refractivity contribution in [2.24, 2.45) is 0 Å². The molecule has 1 aliphatic rings. The number of nitrogens with zero attached hydrogens (tertiary/aromatic N) is 2. The Labute approximate surface area is 164 Å². The van der Waals surface area contributed by atoms with Gasteiger partial charge in [0.05, 0.1) is 6.54 Å². The molecule has 11 heteroatoms. The lowest BCUT2D eigenvalue weighted by molar-refractivity contribution is -0.117. The van der Waals surface area contributed by atoms with E-state index in [4.69, 9.17) is 0 Å². The molecular weight excluding hydrogens is 414 g/mol. The number of rotatable bonds is 5. The second-order valence-corrected chi connectivity index (χ2v) is 8.28. The highest BCUT2D eigenvalue weighted by Gasteiger charge is 2.33. The van der Waals surface area contributed by atoms with Gasteiger partial charge in [-0.05, 0) is 24.3 Å². The van der Waals surface area contributed by atoms with Gasteiger partial charge in [-0.15, -0.1) is 0 Å². The maximum atomic E-state index is 13.9. The van der Waals surface area contributed by atoms with Crippen molar-refractivity contribution in [3.63, 3.8) is 0 Å². The fourth-order valence-corrected chi connectivity index (χ4v) is 4.49. The molecule has 1 N–H and O–H groups in total. The Morgan fingerprint density at radius 2 is 1.52 bits per heavy atom. The van der Waals surface area contributed by atoms with Crippen molar-refractivity contribution in [3.8, 4) is 0 Å². The van der Waals surface area contributed by atoms with E-state index in [0.29, 0.717) is 0 Å². The number of carbonyl (C=O) groups is 1. The van der Waals surface area contributed by atoms with Gasteiger partial charge in [0.2, 0.25) is 15.9 Å². The lowest BCUT2D eigenvalue weighted by Gasteiger charge is -2.33. The lowest BCUT2D eigenvalue weighted by atomic mass is 10.3. The molecule has 0 unspecified atom stereocenters. The van der Waals surface area contributed by atoms with Crippen molar-refractivity contribution in [1.82, 2.24) is 9.21 Å². The number of halogens is 4. The second-order valence-electron chi connectivity index (χ2n) is 6.41. The molecule has 6 nitrogen and oxygen atoms in total. The molecule has 0 radical (unpaired) electrons. The molecule has 1 saturated heterocycles. The fraction of sp³-hybridized carbons (Fsp3) is 0.278. The smallest absolute Gasteiger partial charge is 0.249 e. The van der Waals surface area contributed by atoms with Crippen LogP contribution in [0.3, 0.4) is 0 Å². The molecule has 1 heterocycles. The third-order valence-corrected chi connectivity index (χ3v) is 6.37. The van der Waals surface area contributed by atoms with Crippen LogP contribution in [0.25, 0.3) is 0 Å². The predicted octanol–water partition coefficient (Wildman–Crippen LogP) is 2.19. The molecule has 0 aliphatic carbocycles. The van der Waals surface area contributed by atoms with Crippen LogP contribution in [-0.4, -0.2) is 56.3 Å². The summed E-state index contributed by atoms with van der Waals surface area (Å²) in [6.45, 7) is 0.0745. The highest BCUT2D eigenvalue weighted by Crippen LogP contribution is 2.23. The minimum atomic E-state index is -4.35. The number of hydrogen-bond acceptors (Lipinski definition) is 4. The predicted molar refractivity (Wildman–Crippen MR) is 96.5 cm³/mol. The normalized spacial score (nSPS) is 16.0. The molecule has 1 fully saturated rings. The summed E-state index contributed by atoms with van der Waals surface area (Å²) in [4.78, 5) is 12.7. The van der Waals surface area contributed by atoms with Gasteiger partial charge >= 0.3 is 0 Å². The van der Waals surface area contributed by atoms with E-state index in [2.05, 4.69) is 5.32 Å². The Balaban J connectivity index is 1.59. The van der Waals surface area contributed by atoms with Crippen molar-refractivity contribution >= 4 is 21.6 Å². The van der Waals surface area contributed by atoms with E-state index in [1.54, 1.807) is 4.90 Å². The van der Waals surface area contributed by atoms with E-state index in [-0.39, 0.29) is 38.4 Å². The third kappa shape index (κ3) is 4.74. The largest absolute Gasteiger partial charge is 0.325 e. The van der Waals surface area contributed by atoms with Crippen LogP contribution in [0, 0.1) is 23.3 Å².